The maximum absolute atomic E-state index is 15.2. The van der Waals surface area contributed by atoms with Crippen LogP contribution in [0.15, 0.2) is 102 Å². The molecule has 1 N–H and O–H groups in total. The van der Waals surface area contributed by atoms with Crippen molar-refractivity contribution in [2.45, 2.75) is 49.9 Å². The summed E-state index contributed by atoms with van der Waals surface area (Å²) in [5.74, 6) is -3.59. The molecule has 6 rings (SSSR count). The van der Waals surface area contributed by atoms with Gasteiger partial charge in [0.2, 0.25) is 5.91 Å². The van der Waals surface area contributed by atoms with Gasteiger partial charge in [-0.2, -0.15) is 13.2 Å². The van der Waals surface area contributed by atoms with Crippen LogP contribution in [0, 0.1) is 11.6 Å². The molecule has 4 aromatic carbocycles. The molecule has 0 saturated carbocycles. The summed E-state index contributed by atoms with van der Waals surface area (Å²) in [6.45, 7) is -4.41. The van der Waals surface area contributed by atoms with E-state index in [0.717, 1.165) is 39.8 Å². The van der Waals surface area contributed by atoms with Crippen molar-refractivity contribution >= 4 is 23.4 Å². The molecule has 2 aliphatic rings. The van der Waals surface area contributed by atoms with Crippen LogP contribution in [0.5, 0.6) is 0 Å². The first-order valence-electron chi connectivity index (χ1n) is 20.8. The Hall–Kier alpha value is -4.23. The maximum atomic E-state index is 15.2. The summed E-state index contributed by atoms with van der Waals surface area (Å²) in [5.41, 5.74) is 0.660. The first-order valence-corrected chi connectivity index (χ1v) is 17.8. The Bertz CT molecular complexity index is 2240. The number of anilines is 1. The number of hydrogen-bond donors (Lipinski definition) is 1. The third kappa shape index (κ3) is 8.95. The minimum absolute atomic E-state index is 0.00652. The number of aliphatic hydroxyl groups excluding tert-OH is 1. The molecule has 1 saturated heterocycles. The number of amides is 1. The molecule has 0 bridgehead atoms. The van der Waals surface area contributed by atoms with Crippen LogP contribution in [0.3, 0.4) is 0 Å². The molecule has 12 heteroatoms. The van der Waals surface area contributed by atoms with E-state index in [1.54, 1.807) is 35.2 Å². The molecule has 6 nitrogen and oxygen atoms in total. The minimum atomic E-state index is -4.53. The Labute approximate surface area is 322 Å². The molecular formula is C41H42F5N3O3S. The summed E-state index contributed by atoms with van der Waals surface area (Å²) < 4.78 is 141. The molecule has 2 heterocycles. The van der Waals surface area contributed by atoms with E-state index in [1.165, 1.54) is 55.5 Å². The highest BCUT2D eigenvalue weighted by Gasteiger charge is 2.35. The third-order valence-corrected chi connectivity index (χ3v) is 10.4. The molecule has 0 radical (unpaired) electrons. The SMILES string of the molecule is [2H]C([2H])([2H])OC([2H])([2H])CN1CCC(N(C(=O)C([2H])([2H])N2C(SCc3cccc(F)c3F)=CC(O)c3ccccc32)C([2H])(C)c2ccc(-c3ccc(C(F)(F)F)cc3)cc2)CC1. The van der Waals surface area contributed by atoms with E-state index in [1.807, 2.05) is 0 Å². The van der Waals surface area contributed by atoms with E-state index < -0.39 is 74.1 Å². The summed E-state index contributed by atoms with van der Waals surface area (Å²) >= 11 is 0.861. The van der Waals surface area contributed by atoms with Gasteiger partial charge in [0.15, 0.2) is 11.6 Å². The molecule has 4 aromatic rings. The Morgan fingerprint density at radius 3 is 2.38 bits per heavy atom. The van der Waals surface area contributed by atoms with Crippen LogP contribution in [-0.4, -0.2) is 66.6 Å². The van der Waals surface area contributed by atoms with Crippen LogP contribution in [0.25, 0.3) is 11.1 Å². The summed E-state index contributed by atoms with van der Waals surface area (Å²) in [6, 6.07) is 17.7. The number of benzene rings is 4. The summed E-state index contributed by atoms with van der Waals surface area (Å²) in [6.07, 6.45) is -4.31. The number of hydrogen-bond acceptors (Lipinski definition) is 6. The number of fused-ring (bicyclic) bond motifs is 1. The lowest BCUT2D eigenvalue weighted by Gasteiger charge is -2.43. The van der Waals surface area contributed by atoms with Gasteiger partial charge in [0.05, 0.1) is 34.1 Å². The molecule has 1 fully saturated rings. The number of halogens is 5. The number of carbonyl (C=O) groups excluding carboxylic acids is 1. The van der Waals surface area contributed by atoms with E-state index in [9.17, 15) is 31.2 Å². The molecule has 2 atom stereocenters. The third-order valence-electron chi connectivity index (χ3n) is 9.34. The fourth-order valence-electron chi connectivity index (χ4n) is 6.49. The molecular weight excluding hydrogens is 710 g/mol. The molecule has 0 aliphatic carbocycles. The molecule has 2 aliphatic heterocycles. The quantitative estimate of drug-likeness (QED) is 0.146. The maximum Gasteiger partial charge on any atom is 0.416 e. The lowest BCUT2D eigenvalue weighted by molar-refractivity contribution is -0.137. The van der Waals surface area contributed by atoms with Crippen molar-refractivity contribution in [3.63, 3.8) is 0 Å². The Balaban J connectivity index is 1.36. The van der Waals surface area contributed by atoms with Crippen LogP contribution < -0.4 is 4.90 Å². The summed E-state index contributed by atoms with van der Waals surface area (Å²) in [7, 11) is -3.01. The lowest BCUT2D eigenvalue weighted by atomic mass is 9.96. The number of likely N-dealkylation sites (tertiary alicyclic amines) is 1. The molecule has 0 aromatic heterocycles. The van der Waals surface area contributed by atoms with Crippen molar-refractivity contribution in [2.75, 3.05) is 44.6 Å². The van der Waals surface area contributed by atoms with Crippen molar-refractivity contribution in [1.82, 2.24) is 9.80 Å². The number of para-hydroxylation sites is 1. The topological polar surface area (TPSA) is 56.2 Å². The van der Waals surface area contributed by atoms with E-state index in [0.29, 0.717) is 11.1 Å². The smallest absolute Gasteiger partial charge is 0.384 e. The largest absolute Gasteiger partial charge is 0.416 e. The van der Waals surface area contributed by atoms with Crippen molar-refractivity contribution in [2.24, 2.45) is 0 Å². The number of methoxy groups -OCH3 is 1. The zero-order chi connectivity index (χ0) is 44.7. The van der Waals surface area contributed by atoms with E-state index in [4.69, 9.17) is 6.85 Å². The summed E-state index contributed by atoms with van der Waals surface area (Å²) in [4.78, 5) is 19.0. The van der Waals surface area contributed by atoms with Gasteiger partial charge in [0, 0.05) is 55.3 Å². The van der Waals surface area contributed by atoms with Crippen molar-refractivity contribution in [3.05, 3.63) is 136 Å². The van der Waals surface area contributed by atoms with Gasteiger partial charge in [0.1, 0.15) is 12.6 Å². The second kappa shape index (κ2) is 16.8. The molecule has 280 valence electrons. The number of nitrogens with zero attached hydrogens (tertiary/aromatic N) is 3. The van der Waals surface area contributed by atoms with Gasteiger partial charge >= 0.3 is 6.18 Å². The van der Waals surface area contributed by atoms with Crippen molar-refractivity contribution < 1.29 is 47.6 Å². The lowest BCUT2D eigenvalue weighted by Crippen LogP contribution is -2.51. The normalized spacial score (nSPS) is 20.9. The molecule has 2 unspecified atom stereocenters. The number of alkyl halides is 3. The van der Waals surface area contributed by atoms with Crippen LogP contribution in [-0.2, 0) is 21.5 Å². The van der Waals surface area contributed by atoms with E-state index in [2.05, 4.69) is 4.74 Å². The van der Waals surface area contributed by atoms with Crippen LogP contribution in [0.2, 0.25) is 0 Å². The number of piperidine rings is 1. The summed E-state index contributed by atoms with van der Waals surface area (Å²) in [5, 5.41) is 11.1. The van der Waals surface area contributed by atoms with E-state index >= 15 is 4.79 Å². The monoisotopic (exact) mass is 759 g/mol. The zero-order valence-corrected chi connectivity index (χ0v) is 29.4. The van der Waals surface area contributed by atoms with Gasteiger partial charge in [0.25, 0.3) is 0 Å². The standard InChI is InChI=1S/C41H42F5N3O3S/c1-27(28-10-12-29(13-11-28)30-14-16-32(17-15-30)41(44,45)46)49(33-18-20-47(21-19-33)22-23-52-2)38(51)25-48-36-9-4-3-7-34(36)37(50)24-39(48)53-26-31-6-5-8-35(42)40(31)43/h3-17,24,27,33,37,50H,18-23,25-26H2,1-2H3/i2D3,23D2,25D2,27D. The first kappa shape index (κ1) is 29.2. The average Bonchev–Trinajstić information content (AvgIpc) is 3.17. The van der Waals surface area contributed by atoms with Gasteiger partial charge in [-0.15, -0.1) is 11.8 Å². The number of carbonyl (C=O) groups is 1. The minimum Gasteiger partial charge on any atom is -0.384 e. The van der Waals surface area contributed by atoms with Gasteiger partial charge in [-0.25, -0.2) is 8.78 Å². The second-order valence-electron chi connectivity index (χ2n) is 12.6. The van der Waals surface area contributed by atoms with Crippen molar-refractivity contribution in [1.29, 1.82) is 0 Å². The molecule has 1 amide bonds. The second-order valence-corrected chi connectivity index (χ2v) is 13.6. The highest BCUT2D eigenvalue weighted by molar-refractivity contribution is 8.02. The van der Waals surface area contributed by atoms with Crippen LogP contribution in [0.4, 0.5) is 27.6 Å². The first-order chi connectivity index (χ1) is 28.4. The predicted molar refractivity (Wildman–Crippen MR) is 198 cm³/mol. The fourth-order valence-corrected chi connectivity index (χ4v) is 7.52. The van der Waals surface area contributed by atoms with Crippen molar-refractivity contribution in [3.8, 4) is 11.1 Å². The average molecular weight is 760 g/mol. The number of rotatable bonds is 12. The number of thioether (sulfide) groups is 1. The van der Waals surface area contributed by atoms with Gasteiger partial charge in [-0.05, 0) is 66.8 Å². The van der Waals surface area contributed by atoms with Crippen LogP contribution in [0.1, 0.15) is 65.1 Å². The molecule has 53 heavy (non-hydrogen) atoms. The fraction of sp³-hybridized carbons (Fsp3) is 0.341. The van der Waals surface area contributed by atoms with Gasteiger partial charge < -0.3 is 24.5 Å². The highest BCUT2D eigenvalue weighted by atomic mass is 32.2. The van der Waals surface area contributed by atoms with E-state index in [-0.39, 0.29) is 59.1 Å². The number of aliphatic hydroxyl groups is 1. The Morgan fingerprint density at radius 1 is 1.02 bits per heavy atom. The molecule has 0 spiro atoms. The zero-order valence-electron chi connectivity index (χ0n) is 36.5. The highest BCUT2D eigenvalue weighted by Crippen LogP contribution is 2.41. The Kier molecular flexibility index (Phi) is 9.27. The Morgan fingerprint density at radius 2 is 1.70 bits per heavy atom. The van der Waals surface area contributed by atoms with Crippen LogP contribution >= 0.6 is 11.8 Å². The predicted octanol–water partition coefficient (Wildman–Crippen LogP) is 8.98. The van der Waals surface area contributed by atoms with Gasteiger partial charge in [-0.3, -0.25) is 4.79 Å². The van der Waals surface area contributed by atoms with Gasteiger partial charge in [-0.1, -0.05) is 66.7 Å². The number of ether oxygens (including phenoxy) is 1.